The molecule has 1 aliphatic heterocycles. The second-order valence-electron chi connectivity index (χ2n) is 8.25. The Balaban J connectivity index is 1.53. The van der Waals surface area contributed by atoms with Crippen molar-refractivity contribution in [2.75, 3.05) is 25.0 Å². The van der Waals surface area contributed by atoms with E-state index in [1.165, 1.54) is 0 Å². The summed E-state index contributed by atoms with van der Waals surface area (Å²) in [6.45, 7) is 5.98. The summed E-state index contributed by atoms with van der Waals surface area (Å²) in [4.78, 5) is 12.7. The number of anilines is 1. The molecule has 0 saturated carbocycles. The minimum Gasteiger partial charge on any atom is -0.494 e. The molecule has 7 nitrogen and oxygen atoms in total. The van der Waals surface area contributed by atoms with Crippen LogP contribution in [0.1, 0.15) is 49.9 Å². The third-order valence-electron chi connectivity index (χ3n) is 5.60. The molecule has 0 radical (unpaired) electrons. The summed E-state index contributed by atoms with van der Waals surface area (Å²) < 4.78 is 32.8. The summed E-state index contributed by atoms with van der Waals surface area (Å²) in [5.41, 5.74) is 1.05. The fourth-order valence-electron chi connectivity index (χ4n) is 3.46. The number of rotatable bonds is 8. The predicted octanol–water partition coefficient (Wildman–Crippen LogP) is 4.41. The fourth-order valence-corrected chi connectivity index (χ4v) is 5.14. The van der Waals surface area contributed by atoms with Gasteiger partial charge < -0.3 is 10.1 Å². The van der Waals surface area contributed by atoms with Crippen molar-refractivity contribution in [3.63, 3.8) is 0 Å². The molecular weight excluding hydrogens is 458 g/mol. The molecule has 1 aliphatic rings. The Hall–Kier alpha value is -2.49. The SMILES string of the molecule is CCCCOc1ccc(C(=O)NC(=S)Nc2ccc(S(=O)(=O)N3CCC(C)CC3)cc2)cc1. The third-order valence-corrected chi connectivity index (χ3v) is 7.72. The van der Waals surface area contributed by atoms with E-state index in [0.717, 1.165) is 31.4 Å². The van der Waals surface area contributed by atoms with Crippen LogP contribution in [0.25, 0.3) is 0 Å². The summed E-state index contributed by atoms with van der Waals surface area (Å²) >= 11 is 5.23. The second kappa shape index (κ2) is 11.6. The first kappa shape index (κ1) is 25.1. The molecule has 2 aromatic carbocycles. The Morgan fingerprint density at radius 2 is 1.73 bits per heavy atom. The lowest BCUT2D eigenvalue weighted by molar-refractivity contribution is 0.0977. The molecule has 9 heteroatoms. The topological polar surface area (TPSA) is 87.7 Å². The van der Waals surface area contributed by atoms with E-state index in [-0.39, 0.29) is 15.9 Å². The van der Waals surface area contributed by atoms with Gasteiger partial charge in [0.05, 0.1) is 11.5 Å². The summed E-state index contributed by atoms with van der Waals surface area (Å²) in [6.07, 6.45) is 3.79. The van der Waals surface area contributed by atoms with Crippen LogP contribution in [0.2, 0.25) is 0 Å². The largest absolute Gasteiger partial charge is 0.494 e. The first-order chi connectivity index (χ1) is 15.8. The van der Waals surface area contributed by atoms with Crippen molar-refractivity contribution in [2.45, 2.75) is 44.4 Å². The van der Waals surface area contributed by atoms with E-state index in [2.05, 4.69) is 24.5 Å². The Kier molecular flexibility index (Phi) is 8.82. The van der Waals surface area contributed by atoms with Crippen LogP contribution in [-0.2, 0) is 10.0 Å². The normalized spacial score (nSPS) is 15.1. The maximum atomic E-state index is 12.8. The Morgan fingerprint density at radius 1 is 1.09 bits per heavy atom. The number of thiocarbonyl (C=S) groups is 1. The molecule has 178 valence electrons. The maximum Gasteiger partial charge on any atom is 0.257 e. The van der Waals surface area contributed by atoms with Crippen molar-refractivity contribution >= 4 is 38.9 Å². The van der Waals surface area contributed by atoms with Gasteiger partial charge in [0.25, 0.3) is 5.91 Å². The van der Waals surface area contributed by atoms with E-state index in [1.54, 1.807) is 52.8 Å². The lowest BCUT2D eigenvalue weighted by Gasteiger charge is -2.29. The molecule has 0 unspecified atom stereocenters. The summed E-state index contributed by atoms with van der Waals surface area (Å²) in [5, 5.41) is 5.68. The molecule has 2 aromatic rings. The van der Waals surface area contributed by atoms with E-state index in [4.69, 9.17) is 17.0 Å². The molecule has 1 saturated heterocycles. The van der Waals surface area contributed by atoms with Crippen LogP contribution in [0, 0.1) is 5.92 Å². The third kappa shape index (κ3) is 6.99. The standard InChI is InChI=1S/C24H31N3O4S2/c1-3-4-17-31-21-9-5-19(6-10-21)23(28)26-24(32)25-20-7-11-22(12-8-20)33(29,30)27-15-13-18(2)14-16-27/h5-12,18H,3-4,13-17H2,1-2H3,(H2,25,26,28,32). The van der Waals surface area contributed by atoms with Gasteiger partial charge in [-0.15, -0.1) is 0 Å². The highest BCUT2D eigenvalue weighted by Gasteiger charge is 2.27. The van der Waals surface area contributed by atoms with Gasteiger partial charge in [-0.1, -0.05) is 20.3 Å². The molecule has 1 fully saturated rings. The molecule has 0 bridgehead atoms. The van der Waals surface area contributed by atoms with Crippen LogP contribution < -0.4 is 15.4 Å². The Morgan fingerprint density at radius 3 is 2.33 bits per heavy atom. The minimum atomic E-state index is -3.50. The number of hydrogen-bond acceptors (Lipinski definition) is 5. The van der Waals surface area contributed by atoms with E-state index < -0.39 is 10.0 Å². The van der Waals surface area contributed by atoms with Crippen molar-refractivity contribution < 1.29 is 17.9 Å². The predicted molar refractivity (Wildman–Crippen MR) is 134 cm³/mol. The van der Waals surface area contributed by atoms with Gasteiger partial charge in [-0.3, -0.25) is 10.1 Å². The lowest BCUT2D eigenvalue weighted by Crippen LogP contribution is -2.37. The van der Waals surface area contributed by atoms with E-state index >= 15 is 0 Å². The highest BCUT2D eigenvalue weighted by atomic mass is 32.2. The van der Waals surface area contributed by atoms with Crippen molar-refractivity contribution in [2.24, 2.45) is 5.92 Å². The molecule has 2 N–H and O–H groups in total. The van der Waals surface area contributed by atoms with Crippen LogP contribution in [0.15, 0.2) is 53.4 Å². The number of carbonyl (C=O) groups excluding carboxylic acids is 1. The fraction of sp³-hybridized carbons (Fsp3) is 0.417. The number of piperidine rings is 1. The zero-order chi connectivity index (χ0) is 23.8. The van der Waals surface area contributed by atoms with Crippen LogP contribution in [-0.4, -0.2) is 43.4 Å². The van der Waals surface area contributed by atoms with E-state index in [0.29, 0.717) is 36.9 Å². The molecule has 33 heavy (non-hydrogen) atoms. The molecule has 3 rings (SSSR count). The first-order valence-electron chi connectivity index (χ1n) is 11.2. The molecule has 0 spiro atoms. The van der Waals surface area contributed by atoms with Crippen molar-refractivity contribution in [3.05, 3.63) is 54.1 Å². The average Bonchev–Trinajstić information content (AvgIpc) is 2.80. The number of benzene rings is 2. The van der Waals surface area contributed by atoms with Gasteiger partial charge in [0, 0.05) is 24.3 Å². The monoisotopic (exact) mass is 489 g/mol. The number of unbranched alkanes of at least 4 members (excludes halogenated alkanes) is 1. The van der Waals surface area contributed by atoms with E-state index in [9.17, 15) is 13.2 Å². The molecule has 0 aliphatic carbocycles. The molecule has 0 aromatic heterocycles. The van der Waals surface area contributed by atoms with Crippen LogP contribution in [0.3, 0.4) is 0 Å². The van der Waals surface area contributed by atoms with Gasteiger partial charge in [-0.25, -0.2) is 8.42 Å². The highest BCUT2D eigenvalue weighted by molar-refractivity contribution is 7.89. The van der Waals surface area contributed by atoms with Crippen LogP contribution in [0.4, 0.5) is 5.69 Å². The van der Waals surface area contributed by atoms with Crippen molar-refractivity contribution in [1.29, 1.82) is 0 Å². The number of sulfonamides is 1. The number of hydrogen-bond donors (Lipinski definition) is 2. The quantitative estimate of drug-likeness (QED) is 0.422. The Bertz CT molecular complexity index is 1050. The number of carbonyl (C=O) groups is 1. The lowest BCUT2D eigenvalue weighted by atomic mass is 10.0. The smallest absolute Gasteiger partial charge is 0.257 e. The van der Waals surface area contributed by atoms with E-state index in [1.807, 2.05) is 0 Å². The van der Waals surface area contributed by atoms with Gasteiger partial charge in [-0.2, -0.15) is 4.31 Å². The zero-order valence-electron chi connectivity index (χ0n) is 19.0. The van der Waals surface area contributed by atoms with Crippen LogP contribution >= 0.6 is 12.2 Å². The van der Waals surface area contributed by atoms with Gasteiger partial charge in [0.1, 0.15) is 5.75 Å². The first-order valence-corrected chi connectivity index (χ1v) is 13.1. The molecule has 0 atom stereocenters. The minimum absolute atomic E-state index is 0.129. The number of amides is 1. The average molecular weight is 490 g/mol. The number of nitrogens with zero attached hydrogens (tertiary/aromatic N) is 1. The number of nitrogens with one attached hydrogen (secondary N) is 2. The van der Waals surface area contributed by atoms with Crippen LogP contribution in [0.5, 0.6) is 5.75 Å². The maximum absolute atomic E-state index is 12.8. The summed E-state index contributed by atoms with van der Waals surface area (Å²) in [6, 6.07) is 13.3. The molecule has 1 amide bonds. The molecular formula is C24H31N3O4S2. The Labute approximate surface area is 201 Å². The van der Waals surface area contributed by atoms with Crippen molar-refractivity contribution in [1.82, 2.24) is 9.62 Å². The van der Waals surface area contributed by atoms with Gasteiger partial charge >= 0.3 is 0 Å². The van der Waals surface area contributed by atoms with Gasteiger partial charge in [0.15, 0.2) is 5.11 Å². The summed E-state index contributed by atoms with van der Waals surface area (Å²) in [7, 11) is -3.50. The highest BCUT2D eigenvalue weighted by Crippen LogP contribution is 2.24. The van der Waals surface area contributed by atoms with Gasteiger partial charge in [-0.05, 0) is 85.9 Å². The summed E-state index contributed by atoms with van der Waals surface area (Å²) in [5.74, 6) is 0.928. The number of ether oxygens (including phenoxy) is 1. The van der Waals surface area contributed by atoms with Crippen molar-refractivity contribution in [3.8, 4) is 5.75 Å². The molecule has 1 heterocycles. The second-order valence-corrected chi connectivity index (χ2v) is 10.6. The zero-order valence-corrected chi connectivity index (χ0v) is 20.7. The van der Waals surface area contributed by atoms with Gasteiger partial charge in [0.2, 0.25) is 10.0 Å².